The van der Waals surface area contributed by atoms with Crippen molar-refractivity contribution in [3.05, 3.63) is 28.8 Å². The molecule has 0 spiro atoms. The van der Waals surface area contributed by atoms with Gasteiger partial charge in [0.1, 0.15) is 6.07 Å². The number of nitriles is 1. The molecule has 1 aromatic carbocycles. The van der Waals surface area contributed by atoms with Crippen LogP contribution in [0.4, 0.5) is 0 Å². The Balaban J connectivity index is 3.14. The number of hydrogen-bond acceptors (Lipinski definition) is 4. The maximum absolute atomic E-state index is 11.9. The summed E-state index contributed by atoms with van der Waals surface area (Å²) in [5.74, 6) is -0.798. The number of nitrogens with two attached hydrogens (primary N) is 1. The number of nitrogens with zero attached hydrogens (tertiary/aromatic N) is 1. The molecule has 6 nitrogen and oxygen atoms in total. The third kappa shape index (κ3) is 3.20. The first kappa shape index (κ1) is 14.4. The molecular formula is C10H10ClN3O3S. The van der Waals surface area contributed by atoms with Crippen molar-refractivity contribution in [1.29, 1.82) is 5.26 Å². The lowest BCUT2D eigenvalue weighted by molar-refractivity contribution is -0.119. The first-order valence-corrected chi connectivity index (χ1v) is 6.65. The van der Waals surface area contributed by atoms with Gasteiger partial charge in [0.2, 0.25) is 15.9 Å². The highest BCUT2D eigenvalue weighted by Crippen LogP contribution is 2.19. The van der Waals surface area contributed by atoms with Crippen LogP contribution in [0, 0.1) is 11.3 Å². The lowest BCUT2D eigenvalue weighted by Gasteiger charge is -2.11. The number of carbonyl (C=O) groups excluding carboxylic acids is 1. The molecule has 0 radical (unpaired) electrons. The zero-order valence-electron chi connectivity index (χ0n) is 9.34. The van der Waals surface area contributed by atoms with Gasteiger partial charge in [0.15, 0.2) is 0 Å². The summed E-state index contributed by atoms with van der Waals surface area (Å²) in [6.45, 7) is 1.32. The molecular weight excluding hydrogens is 278 g/mol. The van der Waals surface area contributed by atoms with Crippen LogP contribution in [0.5, 0.6) is 0 Å². The van der Waals surface area contributed by atoms with Gasteiger partial charge in [-0.05, 0) is 25.1 Å². The first-order valence-electron chi connectivity index (χ1n) is 4.79. The smallest absolute Gasteiger partial charge is 0.241 e. The molecule has 0 aliphatic heterocycles. The fraction of sp³-hybridized carbons (Fsp3) is 0.200. The second-order valence-corrected chi connectivity index (χ2v) is 5.62. The van der Waals surface area contributed by atoms with Gasteiger partial charge < -0.3 is 5.73 Å². The monoisotopic (exact) mass is 287 g/mol. The summed E-state index contributed by atoms with van der Waals surface area (Å²) in [4.78, 5) is 10.7. The predicted octanol–water partition coefficient (Wildman–Crippen LogP) is 0.364. The molecule has 0 aliphatic rings. The molecule has 0 fully saturated rings. The molecule has 1 atom stereocenters. The van der Waals surface area contributed by atoms with Crippen molar-refractivity contribution < 1.29 is 13.2 Å². The Bertz CT molecular complexity index is 622. The van der Waals surface area contributed by atoms with Crippen molar-refractivity contribution in [3.63, 3.8) is 0 Å². The van der Waals surface area contributed by atoms with E-state index in [1.807, 2.05) is 0 Å². The normalized spacial score (nSPS) is 12.7. The van der Waals surface area contributed by atoms with Crippen LogP contribution in [-0.4, -0.2) is 20.4 Å². The van der Waals surface area contributed by atoms with E-state index in [9.17, 15) is 13.2 Å². The Kier molecular flexibility index (Phi) is 4.29. The van der Waals surface area contributed by atoms with E-state index < -0.39 is 22.0 Å². The third-order valence-corrected chi connectivity index (χ3v) is 4.00. The van der Waals surface area contributed by atoms with Gasteiger partial charge >= 0.3 is 0 Å². The minimum absolute atomic E-state index is 0.0336. The average Bonchev–Trinajstić information content (AvgIpc) is 2.28. The van der Waals surface area contributed by atoms with Gasteiger partial charge in [-0.2, -0.15) is 9.98 Å². The van der Waals surface area contributed by atoms with Crippen LogP contribution in [0.2, 0.25) is 5.02 Å². The number of halogens is 1. The van der Waals surface area contributed by atoms with Gasteiger partial charge in [-0.3, -0.25) is 4.79 Å². The molecule has 0 heterocycles. The number of carbonyl (C=O) groups is 1. The summed E-state index contributed by atoms with van der Waals surface area (Å²) in [6.07, 6.45) is 0. The number of nitrogens with one attached hydrogen (secondary N) is 1. The Morgan fingerprint density at radius 3 is 2.67 bits per heavy atom. The minimum Gasteiger partial charge on any atom is -0.368 e. The molecule has 0 saturated heterocycles. The molecule has 0 bridgehead atoms. The molecule has 3 N–H and O–H groups in total. The van der Waals surface area contributed by atoms with Crippen molar-refractivity contribution in [2.24, 2.45) is 5.73 Å². The SMILES string of the molecule is C[C@@H](NS(=O)(=O)c1ccc(Cl)c(C#N)c1)C(N)=O. The van der Waals surface area contributed by atoms with Crippen LogP contribution < -0.4 is 10.5 Å². The topological polar surface area (TPSA) is 113 Å². The van der Waals surface area contributed by atoms with E-state index in [-0.39, 0.29) is 15.5 Å². The first-order chi connectivity index (χ1) is 8.27. The van der Waals surface area contributed by atoms with Crippen molar-refractivity contribution in [1.82, 2.24) is 4.72 Å². The predicted molar refractivity (Wildman–Crippen MR) is 65.1 cm³/mol. The molecule has 0 aromatic heterocycles. The van der Waals surface area contributed by atoms with Crippen LogP contribution in [0.15, 0.2) is 23.1 Å². The van der Waals surface area contributed by atoms with Crippen molar-refractivity contribution in [2.75, 3.05) is 0 Å². The van der Waals surface area contributed by atoms with Gasteiger partial charge in [0.25, 0.3) is 0 Å². The Labute approximate surface area is 109 Å². The van der Waals surface area contributed by atoms with Crippen LogP contribution >= 0.6 is 11.6 Å². The summed E-state index contributed by atoms with van der Waals surface area (Å²) >= 11 is 5.69. The van der Waals surface area contributed by atoms with E-state index in [2.05, 4.69) is 4.72 Å². The summed E-state index contributed by atoms with van der Waals surface area (Å²) in [5.41, 5.74) is 5.00. The number of sulfonamides is 1. The quantitative estimate of drug-likeness (QED) is 0.832. The molecule has 8 heteroatoms. The molecule has 1 aromatic rings. The minimum atomic E-state index is -3.91. The lowest BCUT2D eigenvalue weighted by Crippen LogP contribution is -2.42. The van der Waals surface area contributed by atoms with Crippen LogP contribution in [-0.2, 0) is 14.8 Å². The van der Waals surface area contributed by atoms with Crippen molar-refractivity contribution in [3.8, 4) is 6.07 Å². The maximum atomic E-state index is 11.9. The van der Waals surface area contributed by atoms with Gasteiger partial charge in [-0.15, -0.1) is 0 Å². The fourth-order valence-electron chi connectivity index (χ4n) is 1.12. The maximum Gasteiger partial charge on any atom is 0.241 e. The highest BCUT2D eigenvalue weighted by molar-refractivity contribution is 7.89. The average molecular weight is 288 g/mol. The zero-order chi connectivity index (χ0) is 13.9. The summed E-state index contributed by atoms with van der Waals surface area (Å²) in [5, 5.41) is 8.91. The van der Waals surface area contributed by atoms with Gasteiger partial charge in [-0.25, -0.2) is 8.42 Å². The highest BCUT2D eigenvalue weighted by atomic mass is 35.5. The molecule has 0 aliphatic carbocycles. The number of hydrogen-bond donors (Lipinski definition) is 2. The Hall–Kier alpha value is -1.62. The molecule has 0 unspecified atom stereocenters. The van der Waals surface area contributed by atoms with Crippen molar-refractivity contribution >= 4 is 27.5 Å². The summed E-state index contributed by atoms with van der Waals surface area (Å²) < 4.78 is 25.8. The van der Waals surface area contributed by atoms with E-state index in [4.69, 9.17) is 22.6 Å². The summed E-state index contributed by atoms with van der Waals surface area (Å²) in [7, 11) is -3.91. The van der Waals surface area contributed by atoms with E-state index in [1.165, 1.54) is 19.1 Å². The van der Waals surface area contributed by atoms with Crippen LogP contribution in [0.25, 0.3) is 0 Å². The fourth-order valence-corrected chi connectivity index (χ4v) is 2.51. The second kappa shape index (κ2) is 5.35. The molecule has 96 valence electrons. The molecule has 1 amide bonds. The number of amides is 1. The Morgan fingerprint density at radius 1 is 1.56 bits per heavy atom. The van der Waals surface area contributed by atoms with Gasteiger partial charge in [0.05, 0.1) is 21.5 Å². The summed E-state index contributed by atoms with van der Waals surface area (Å²) in [6, 6.07) is 4.38. The van der Waals surface area contributed by atoms with E-state index in [0.717, 1.165) is 6.07 Å². The number of benzene rings is 1. The van der Waals surface area contributed by atoms with E-state index in [0.29, 0.717) is 0 Å². The van der Waals surface area contributed by atoms with E-state index >= 15 is 0 Å². The third-order valence-electron chi connectivity index (χ3n) is 2.13. The van der Waals surface area contributed by atoms with Crippen LogP contribution in [0.1, 0.15) is 12.5 Å². The second-order valence-electron chi connectivity index (χ2n) is 3.50. The highest BCUT2D eigenvalue weighted by Gasteiger charge is 2.21. The Morgan fingerprint density at radius 2 is 2.17 bits per heavy atom. The van der Waals surface area contributed by atoms with Crippen molar-refractivity contribution in [2.45, 2.75) is 17.9 Å². The number of rotatable bonds is 4. The molecule has 18 heavy (non-hydrogen) atoms. The molecule has 1 rings (SSSR count). The van der Waals surface area contributed by atoms with Gasteiger partial charge in [0, 0.05) is 0 Å². The standard InChI is InChI=1S/C10H10ClN3O3S/c1-6(10(13)15)14-18(16,17)8-2-3-9(11)7(4-8)5-12/h2-4,6,14H,1H3,(H2,13,15)/t6-/m1/s1. The molecule has 0 saturated carbocycles. The number of primary amides is 1. The largest absolute Gasteiger partial charge is 0.368 e. The zero-order valence-corrected chi connectivity index (χ0v) is 10.9. The van der Waals surface area contributed by atoms with Crippen LogP contribution in [0.3, 0.4) is 0 Å². The van der Waals surface area contributed by atoms with Gasteiger partial charge in [-0.1, -0.05) is 11.6 Å². The lowest BCUT2D eigenvalue weighted by atomic mass is 10.2. The van der Waals surface area contributed by atoms with E-state index in [1.54, 1.807) is 6.07 Å².